The maximum Gasteiger partial charge on any atom is 0.205 e. The molecule has 1 N–H and O–H groups in total. The van der Waals surface area contributed by atoms with Gasteiger partial charge in [-0.15, -0.1) is 0 Å². The molecule has 0 bridgehead atoms. The van der Waals surface area contributed by atoms with E-state index in [-0.39, 0.29) is 17.7 Å². The molecule has 31 heavy (non-hydrogen) atoms. The van der Waals surface area contributed by atoms with Gasteiger partial charge in [0, 0.05) is 29.0 Å². The van der Waals surface area contributed by atoms with E-state index in [9.17, 15) is 9.36 Å². The smallest absolute Gasteiger partial charge is 0.205 e. The first-order chi connectivity index (χ1) is 15.1. The second-order valence-electron chi connectivity index (χ2n) is 8.35. The SMILES string of the molecule is CC[C@@H]1CCCC(=O)[C@H]1[C@@H](NP(=O)(c1ccccc1)c1ccccc1)c1ccccc1. The molecule has 1 saturated carbocycles. The van der Waals surface area contributed by atoms with Crippen LogP contribution in [0.5, 0.6) is 0 Å². The van der Waals surface area contributed by atoms with Crippen molar-refractivity contribution in [3.8, 4) is 0 Å². The normalized spacial score (nSPS) is 20.4. The van der Waals surface area contributed by atoms with E-state index >= 15 is 0 Å². The van der Waals surface area contributed by atoms with E-state index in [1.165, 1.54) is 0 Å². The van der Waals surface area contributed by atoms with Gasteiger partial charge in [0.1, 0.15) is 5.78 Å². The number of Topliss-reactive ketones (excluding diaryl/α,β-unsaturated/α-hetero) is 1. The molecule has 0 heterocycles. The molecular formula is C27H30NO2P. The maximum absolute atomic E-state index is 14.7. The molecule has 0 amide bonds. The molecule has 0 aromatic heterocycles. The molecule has 1 aliphatic rings. The van der Waals surface area contributed by atoms with E-state index in [0.717, 1.165) is 35.4 Å². The molecule has 0 aliphatic heterocycles. The van der Waals surface area contributed by atoms with Crippen LogP contribution < -0.4 is 15.7 Å². The fourth-order valence-corrected chi connectivity index (χ4v) is 7.34. The minimum Gasteiger partial charge on any atom is -0.299 e. The molecule has 0 radical (unpaired) electrons. The van der Waals surface area contributed by atoms with Crippen LogP contribution in [-0.4, -0.2) is 5.78 Å². The van der Waals surface area contributed by atoms with Gasteiger partial charge in [0.15, 0.2) is 0 Å². The van der Waals surface area contributed by atoms with Crippen molar-refractivity contribution >= 4 is 23.7 Å². The average Bonchev–Trinajstić information content (AvgIpc) is 2.84. The van der Waals surface area contributed by atoms with Gasteiger partial charge in [0.2, 0.25) is 7.29 Å². The summed E-state index contributed by atoms with van der Waals surface area (Å²) in [6.07, 6.45) is 3.54. The molecule has 3 nitrogen and oxygen atoms in total. The molecule has 1 aliphatic carbocycles. The van der Waals surface area contributed by atoms with Gasteiger partial charge in [-0.25, -0.2) is 0 Å². The zero-order chi connectivity index (χ0) is 21.7. The molecule has 3 aromatic rings. The summed E-state index contributed by atoms with van der Waals surface area (Å²) in [7, 11) is -3.18. The first kappa shape index (κ1) is 21.7. The number of rotatable bonds is 7. The molecule has 4 heteroatoms. The van der Waals surface area contributed by atoms with Gasteiger partial charge in [-0.3, -0.25) is 14.4 Å². The van der Waals surface area contributed by atoms with Crippen LogP contribution in [0.1, 0.15) is 44.2 Å². The summed E-state index contributed by atoms with van der Waals surface area (Å²) in [4.78, 5) is 13.2. The Bertz CT molecular complexity index is 993. The predicted octanol–water partition coefficient (Wildman–Crippen LogP) is 5.64. The fraction of sp³-hybridized carbons (Fsp3) is 0.296. The number of nitrogens with one attached hydrogen (secondary N) is 1. The molecule has 0 unspecified atom stereocenters. The Balaban J connectivity index is 1.84. The Morgan fingerprint density at radius 2 is 1.39 bits per heavy atom. The lowest BCUT2D eigenvalue weighted by atomic mass is 9.72. The Hall–Kier alpha value is -2.48. The van der Waals surface area contributed by atoms with E-state index < -0.39 is 7.29 Å². The maximum atomic E-state index is 14.7. The Kier molecular flexibility index (Phi) is 6.85. The largest absolute Gasteiger partial charge is 0.299 e. The number of carbonyl (C=O) groups is 1. The summed E-state index contributed by atoms with van der Waals surface area (Å²) in [5, 5.41) is 5.10. The van der Waals surface area contributed by atoms with Crippen LogP contribution in [-0.2, 0) is 9.36 Å². The van der Waals surface area contributed by atoms with Crippen molar-refractivity contribution in [1.82, 2.24) is 5.09 Å². The molecule has 3 atom stereocenters. The van der Waals surface area contributed by atoms with Crippen LogP contribution in [0.4, 0.5) is 0 Å². The Morgan fingerprint density at radius 1 is 0.871 bits per heavy atom. The van der Waals surface area contributed by atoms with Crippen LogP contribution in [0.3, 0.4) is 0 Å². The quantitative estimate of drug-likeness (QED) is 0.492. The number of ketones is 1. The number of hydrogen-bond acceptors (Lipinski definition) is 2. The lowest BCUT2D eigenvalue weighted by Crippen LogP contribution is -2.41. The van der Waals surface area contributed by atoms with Gasteiger partial charge in [0.05, 0.1) is 0 Å². The molecule has 3 aromatic carbocycles. The molecule has 4 rings (SSSR count). The van der Waals surface area contributed by atoms with Crippen molar-refractivity contribution < 1.29 is 9.36 Å². The first-order valence-corrected chi connectivity index (χ1v) is 12.9. The van der Waals surface area contributed by atoms with Gasteiger partial charge < -0.3 is 0 Å². The number of hydrogen-bond donors (Lipinski definition) is 1. The van der Waals surface area contributed by atoms with Crippen molar-refractivity contribution in [2.45, 2.75) is 38.6 Å². The topological polar surface area (TPSA) is 46.2 Å². The van der Waals surface area contributed by atoms with Gasteiger partial charge in [-0.2, -0.15) is 0 Å². The van der Waals surface area contributed by atoms with Crippen LogP contribution in [0.15, 0.2) is 91.0 Å². The van der Waals surface area contributed by atoms with Crippen molar-refractivity contribution in [3.05, 3.63) is 96.6 Å². The lowest BCUT2D eigenvalue weighted by Gasteiger charge is -2.38. The highest BCUT2D eigenvalue weighted by Crippen LogP contribution is 2.47. The summed E-state index contributed by atoms with van der Waals surface area (Å²) in [6.45, 7) is 2.16. The second-order valence-corrected chi connectivity index (χ2v) is 10.9. The van der Waals surface area contributed by atoms with Gasteiger partial charge >= 0.3 is 0 Å². The minimum atomic E-state index is -3.18. The van der Waals surface area contributed by atoms with Gasteiger partial charge in [-0.05, 0) is 48.6 Å². The Morgan fingerprint density at radius 3 is 1.90 bits per heavy atom. The van der Waals surface area contributed by atoms with E-state index in [2.05, 4.69) is 12.0 Å². The molecular weight excluding hydrogens is 401 g/mol. The summed E-state index contributed by atoms with van der Waals surface area (Å²) >= 11 is 0. The fourth-order valence-electron chi connectivity index (χ4n) is 4.86. The Labute approximate surface area is 185 Å². The van der Waals surface area contributed by atoms with Crippen LogP contribution in [0.2, 0.25) is 0 Å². The van der Waals surface area contributed by atoms with Crippen LogP contribution >= 0.6 is 7.29 Å². The van der Waals surface area contributed by atoms with Gasteiger partial charge in [-0.1, -0.05) is 80.1 Å². The summed E-state index contributed by atoms with van der Waals surface area (Å²) in [5.41, 5.74) is 1.02. The third-order valence-corrected chi connectivity index (χ3v) is 9.17. The zero-order valence-electron chi connectivity index (χ0n) is 18.0. The third-order valence-electron chi connectivity index (χ3n) is 6.48. The number of carbonyl (C=O) groups excluding carboxylic acids is 1. The molecule has 0 saturated heterocycles. The van der Waals surface area contributed by atoms with E-state index in [1.807, 2.05) is 91.0 Å². The third kappa shape index (κ3) is 4.59. The second kappa shape index (κ2) is 9.77. The van der Waals surface area contributed by atoms with E-state index in [4.69, 9.17) is 0 Å². The molecule has 1 fully saturated rings. The van der Waals surface area contributed by atoms with Crippen molar-refractivity contribution in [2.75, 3.05) is 0 Å². The predicted molar refractivity (Wildman–Crippen MR) is 128 cm³/mol. The summed E-state index contributed by atoms with van der Waals surface area (Å²) in [6, 6.07) is 29.0. The number of benzene rings is 3. The molecule has 160 valence electrons. The highest BCUT2D eigenvalue weighted by atomic mass is 31.2. The molecule has 0 spiro atoms. The van der Waals surface area contributed by atoms with Crippen LogP contribution in [0, 0.1) is 11.8 Å². The van der Waals surface area contributed by atoms with E-state index in [0.29, 0.717) is 12.3 Å². The highest BCUT2D eigenvalue weighted by Gasteiger charge is 2.41. The zero-order valence-corrected chi connectivity index (χ0v) is 18.9. The van der Waals surface area contributed by atoms with Crippen LogP contribution in [0.25, 0.3) is 0 Å². The van der Waals surface area contributed by atoms with Gasteiger partial charge in [0.25, 0.3) is 0 Å². The average molecular weight is 432 g/mol. The highest BCUT2D eigenvalue weighted by molar-refractivity contribution is 7.76. The van der Waals surface area contributed by atoms with Crippen molar-refractivity contribution in [1.29, 1.82) is 0 Å². The lowest BCUT2D eigenvalue weighted by molar-refractivity contribution is -0.127. The monoisotopic (exact) mass is 431 g/mol. The first-order valence-electron chi connectivity index (χ1n) is 11.2. The minimum absolute atomic E-state index is 0.179. The summed E-state index contributed by atoms with van der Waals surface area (Å²) in [5.74, 6) is 0.396. The van der Waals surface area contributed by atoms with E-state index in [1.54, 1.807) is 0 Å². The van der Waals surface area contributed by atoms with Crippen molar-refractivity contribution in [3.63, 3.8) is 0 Å². The summed E-state index contributed by atoms with van der Waals surface area (Å²) < 4.78 is 14.7. The standard InChI is InChI=1S/C27H30NO2P/c1-2-21-15-12-20-25(29)26(21)27(22-13-6-3-7-14-22)28-31(30,23-16-8-4-9-17-23)24-18-10-5-11-19-24/h3-11,13-14,16-19,21,26-27H,2,12,15,20H2,1H3,(H,28,30)/t21-,26+,27+/m1/s1. The van der Waals surface area contributed by atoms with Crippen molar-refractivity contribution in [2.24, 2.45) is 11.8 Å².